The molecule has 0 radical (unpaired) electrons. The molecule has 1 amide bonds. The third kappa shape index (κ3) is 5.36. The maximum absolute atomic E-state index is 12.1. The molecule has 24 heavy (non-hydrogen) atoms. The number of ether oxygens (including phenoxy) is 1. The second-order valence-electron chi connectivity index (χ2n) is 5.46. The third-order valence-corrected chi connectivity index (χ3v) is 4.59. The van der Waals surface area contributed by atoms with Crippen LogP contribution in [0.5, 0.6) is 0 Å². The molecule has 1 atom stereocenters. The number of benzene rings is 1. The number of aryl methyl sites for hydroxylation is 2. The summed E-state index contributed by atoms with van der Waals surface area (Å²) in [4.78, 5) is 16.1. The van der Waals surface area contributed by atoms with Crippen molar-refractivity contribution in [2.45, 2.75) is 19.6 Å². The number of aromatic nitrogens is 1. The van der Waals surface area contributed by atoms with Crippen LogP contribution < -0.4 is 5.32 Å². The molecular formula is C17H22N2O4S. The van der Waals surface area contributed by atoms with Gasteiger partial charge in [0, 0.05) is 19.2 Å². The molecule has 0 aliphatic carbocycles. The van der Waals surface area contributed by atoms with E-state index in [2.05, 4.69) is 10.3 Å². The smallest absolute Gasteiger partial charge is 0.270 e. The molecule has 2 rings (SSSR count). The van der Waals surface area contributed by atoms with Crippen LogP contribution in [0.3, 0.4) is 0 Å². The van der Waals surface area contributed by atoms with Gasteiger partial charge in [-0.2, -0.15) is 0 Å². The van der Waals surface area contributed by atoms with E-state index in [-0.39, 0.29) is 17.4 Å². The normalized spacial score (nSPS) is 12.2. The average Bonchev–Trinajstić information content (AvgIpc) is 2.89. The largest absolute Gasteiger partial charge is 0.616 e. The number of nitrogens with zero attached hydrogens (tertiary/aromatic N) is 1. The summed E-state index contributed by atoms with van der Waals surface area (Å²) in [5.74, 6) is 1.00. The number of hydrogen-bond acceptors (Lipinski definition) is 5. The van der Waals surface area contributed by atoms with Crippen LogP contribution in [-0.2, 0) is 26.5 Å². The van der Waals surface area contributed by atoms with Crippen molar-refractivity contribution in [2.24, 2.45) is 0 Å². The van der Waals surface area contributed by atoms with Crippen LogP contribution >= 0.6 is 0 Å². The molecule has 6 nitrogen and oxygen atoms in total. The fraction of sp³-hybridized carbons (Fsp3) is 0.412. The van der Waals surface area contributed by atoms with Crippen molar-refractivity contribution >= 4 is 17.1 Å². The Morgan fingerprint density at radius 1 is 1.33 bits per heavy atom. The van der Waals surface area contributed by atoms with E-state index in [1.807, 2.05) is 31.2 Å². The average molecular weight is 350 g/mol. The van der Waals surface area contributed by atoms with Crippen molar-refractivity contribution in [1.82, 2.24) is 10.3 Å². The minimum Gasteiger partial charge on any atom is -0.616 e. The van der Waals surface area contributed by atoms with Crippen molar-refractivity contribution in [3.05, 3.63) is 41.3 Å². The van der Waals surface area contributed by atoms with Gasteiger partial charge in [0.15, 0.2) is 11.5 Å². The van der Waals surface area contributed by atoms with Crippen LogP contribution in [0.25, 0.3) is 11.5 Å². The summed E-state index contributed by atoms with van der Waals surface area (Å²) in [5.41, 5.74) is 2.65. The summed E-state index contributed by atoms with van der Waals surface area (Å²) in [5, 5.41) is 2.65. The topological polar surface area (TPSA) is 87.4 Å². The highest BCUT2D eigenvalue weighted by atomic mass is 32.2. The van der Waals surface area contributed by atoms with Crippen LogP contribution in [0.4, 0.5) is 0 Å². The molecule has 0 saturated heterocycles. The van der Waals surface area contributed by atoms with Gasteiger partial charge in [-0.15, -0.1) is 0 Å². The van der Waals surface area contributed by atoms with Gasteiger partial charge in [0.2, 0.25) is 5.89 Å². The number of methoxy groups -OCH3 is 1. The van der Waals surface area contributed by atoms with E-state index >= 15 is 0 Å². The highest BCUT2D eigenvalue weighted by Crippen LogP contribution is 2.23. The lowest BCUT2D eigenvalue weighted by molar-refractivity contribution is -0.118. The van der Waals surface area contributed by atoms with E-state index in [4.69, 9.17) is 9.15 Å². The van der Waals surface area contributed by atoms with Gasteiger partial charge in [-0.3, -0.25) is 4.79 Å². The molecule has 0 aliphatic rings. The molecule has 0 fully saturated rings. The zero-order chi connectivity index (χ0) is 17.5. The zero-order valence-electron chi connectivity index (χ0n) is 14.1. The third-order valence-electron chi connectivity index (χ3n) is 3.41. The number of hydrogen-bond donors (Lipinski definition) is 1. The molecule has 0 spiro atoms. The van der Waals surface area contributed by atoms with Crippen molar-refractivity contribution in [2.75, 3.05) is 26.0 Å². The Balaban J connectivity index is 1.95. The molecule has 1 unspecified atom stereocenters. The Hall–Kier alpha value is -1.83. The quantitative estimate of drug-likeness (QED) is 0.581. The lowest BCUT2D eigenvalue weighted by Crippen LogP contribution is -2.33. The summed E-state index contributed by atoms with van der Waals surface area (Å²) in [6.07, 6.45) is 0. The van der Waals surface area contributed by atoms with Crippen LogP contribution in [0.1, 0.15) is 17.0 Å². The number of rotatable bonds is 8. The lowest BCUT2D eigenvalue weighted by atomic mass is 10.1. The van der Waals surface area contributed by atoms with Gasteiger partial charge in [-0.1, -0.05) is 17.7 Å². The fourth-order valence-electron chi connectivity index (χ4n) is 2.07. The van der Waals surface area contributed by atoms with Gasteiger partial charge in [-0.25, -0.2) is 4.98 Å². The van der Waals surface area contributed by atoms with Crippen molar-refractivity contribution in [3.8, 4) is 11.5 Å². The Bertz CT molecular complexity index is 670. The first-order valence-electron chi connectivity index (χ1n) is 7.63. The molecule has 0 bridgehead atoms. The number of carbonyl (C=O) groups excluding carboxylic acids is 1. The highest BCUT2D eigenvalue weighted by molar-refractivity contribution is 7.91. The van der Waals surface area contributed by atoms with Crippen LogP contribution in [0.2, 0.25) is 0 Å². The molecular weight excluding hydrogens is 328 g/mol. The molecule has 1 N–H and O–H groups in total. The minimum absolute atomic E-state index is 0.0596. The Labute approximate surface area is 144 Å². The highest BCUT2D eigenvalue weighted by Gasteiger charge is 2.19. The Morgan fingerprint density at radius 2 is 2.04 bits per heavy atom. The Morgan fingerprint density at radius 3 is 2.71 bits per heavy atom. The van der Waals surface area contributed by atoms with Crippen molar-refractivity contribution < 1.29 is 18.5 Å². The zero-order valence-corrected chi connectivity index (χ0v) is 14.9. The maximum Gasteiger partial charge on any atom is 0.270 e. The first-order valence-corrected chi connectivity index (χ1v) is 9.12. The number of carbonyl (C=O) groups is 1. The van der Waals surface area contributed by atoms with E-state index in [0.717, 1.165) is 11.1 Å². The monoisotopic (exact) mass is 350 g/mol. The molecule has 130 valence electrons. The summed E-state index contributed by atoms with van der Waals surface area (Å²) in [7, 11) is 1.56. The van der Waals surface area contributed by atoms with Gasteiger partial charge in [0.25, 0.3) is 5.91 Å². The first kappa shape index (κ1) is 18.5. The van der Waals surface area contributed by atoms with Crippen LogP contribution in [0, 0.1) is 13.8 Å². The van der Waals surface area contributed by atoms with Gasteiger partial charge >= 0.3 is 0 Å². The second kappa shape index (κ2) is 8.86. The first-order chi connectivity index (χ1) is 11.5. The van der Waals surface area contributed by atoms with E-state index in [9.17, 15) is 9.35 Å². The molecule has 1 aromatic heterocycles. The number of oxazole rings is 1. The predicted molar refractivity (Wildman–Crippen MR) is 93.0 cm³/mol. The standard InChI is InChI=1S/C17H22N2O4S/c1-12-4-6-14(7-5-12)17-19-15(13(2)23-17)10-24(21)11-16(20)18-8-9-22-3/h4-7H,8-11H2,1-3H3,(H,18,20). The van der Waals surface area contributed by atoms with E-state index in [1.54, 1.807) is 14.0 Å². The summed E-state index contributed by atoms with van der Waals surface area (Å²) in [6, 6.07) is 7.84. The molecule has 1 heterocycles. The van der Waals surface area contributed by atoms with Gasteiger partial charge in [-0.05, 0) is 37.2 Å². The van der Waals surface area contributed by atoms with Crippen LogP contribution in [0.15, 0.2) is 28.7 Å². The predicted octanol–water partition coefficient (Wildman–Crippen LogP) is 1.97. The van der Waals surface area contributed by atoms with E-state index in [0.29, 0.717) is 30.5 Å². The maximum atomic E-state index is 12.1. The minimum atomic E-state index is -1.34. The number of nitrogens with one attached hydrogen (secondary N) is 1. The Kier molecular flexibility index (Phi) is 6.84. The van der Waals surface area contributed by atoms with Crippen LogP contribution in [-0.4, -0.2) is 41.5 Å². The molecule has 0 aliphatic heterocycles. The summed E-state index contributed by atoms with van der Waals surface area (Å²) >= 11 is -1.34. The van der Waals surface area contributed by atoms with E-state index < -0.39 is 11.2 Å². The van der Waals surface area contributed by atoms with Crippen molar-refractivity contribution in [3.63, 3.8) is 0 Å². The molecule has 7 heteroatoms. The second-order valence-corrected chi connectivity index (χ2v) is 6.92. The van der Waals surface area contributed by atoms with E-state index in [1.165, 1.54) is 0 Å². The summed E-state index contributed by atoms with van der Waals surface area (Å²) < 4.78 is 22.6. The SMILES string of the molecule is COCCNC(=O)C[S+]([O-])Cc1nc(-c2ccc(C)cc2)oc1C. The lowest BCUT2D eigenvalue weighted by Gasteiger charge is -2.09. The summed E-state index contributed by atoms with van der Waals surface area (Å²) in [6.45, 7) is 4.64. The fourth-order valence-corrected chi connectivity index (χ4v) is 3.14. The van der Waals surface area contributed by atoms with Gasteiger partial charge < -0.3 is 19.0 Å². The van der Waals surface area contributed by atoms with Gasteiger partial charge in [0.1, 0.15) is 11.5 Å². The van der Waals surface area contributed by atoms with Crippen molar-refractivity contribution in [1.29, 1.82) is 0 Å². The number of amides is 1. The van der Waals surface area contributed by atoms with Gasteiger partial charge in [0.05, 0.1) is 6.61 Å². The molecule has 1 aromatic carbocycles. The molecule has 2 aromatic rings. The molecule has 0 saturated carbocycles.